The summed E-state index contributed by atoms with van der Waals surface area (Å²) >= 11 is 0. The van der Waals surface area contributed by atoms with Gasteiger partial charge in [0.15, 0.2) is 5.71 Å². The van der Waals surface area contributed by atoms with Gasteiger partial charge >= 0.3 is 0 Å². The van der Waals surface area contributed by atoms with E-state index in [-0.39, 0.29) is 6.04 Å². The molecule has 0 fully saturated rings. The average Bonchev–Trinajstić information content (AvgIpc) is 2.45. The molecule has 0 bridgehead atoms. The SMILES string of the molecule is Cc1cccc(C(C#N)=N[C@H](C)c2ccccc2)n1. The van der Waals surface area contributed by atoms with Crippen LogP contribution in [0.1, 0.15) is 29.9 Å². The minimum absolute atomic E-state index is 0.0573. The van der Waals surface area contributed by atoms with E-state index >= 15 is 0 Å². The molecule has 19 heavy (non-hydrogen) atoms. The van der Waals surface area contributed by atoms with Crippen LogP contribution in [0.3, 0.4) is 0 Å². The molecule has 0 saturated heterocycles. The highest BCUT2D eigenvalue weighted by molar-refractivity contribution is 6.10. The summed E-state index contributed by atoms with van der Waals surface area (Å²) in [4.78, 5) is 8.81. The second-order valence-electron chi connectivity index (χ2n) is 4.34. The lowest BCUT2D eigenvalue weighted by Crippen LogP contribution is -2.04. The number of hydrogen-bond donors (Lipinski definition) is 0. The number of rotatable bonds is 3. The smallest absolute Gasteiger partial charge is 0.161 e. The normalized spacial score (nSPS) is 12.8. The first-order chi connectivity index (χ1) is 9.20. The molecule has 0 amide bonds. The molecule has 1 aromatic heterocycles. The van der Waals surface area contributed by atoms with E-state index in [1.54, 1.807) is 0 Å². The lowest BCUT2D eigenvalue weighted by atomic mass is 10.1. The number of aromatic nitrogens is 1. The molecule has 0 radical (unpaired) electrons. The molecule has 1 aromatic carbocycles. The van der Waals surface area contributed by atoms with Crippen molar-refractivity contribution in [1.29, 1.82) is 5.26 Å². The fourth-order valence-corrected chi connectivity index (χ4v) is 1.83. The van der Waals surface area contributed by atoms with Crippen LogP contribution in [0.2, 0.25) is 0 Å². The molecule has 2 aromatic rings. The first-order valence-corrected chi connectivity index (χ1v) is 6.17. The fraction of sp³-hybridized carbons (Fsp3) is 0.188. The first-order valence-electron chi connectivity index (χ1n) is 6.17. The van der Waals surface area contributed by atoms with Crippen molar-refractivity contribution >= 4 is 5.71 Å². The largest absolute Gasteiger partial charge is 0.264 e. The third kappa shape index (κ3) is 3.26. The Morgan fingerprint density at radius 2 is 1.89 bits per heavy atom. The Balaban J connectivity index is 2.33. The van der Waals surface area contributed by atoms with Crippen molar-refractivity contribution in [2.45, 2.75) is 19.9 Å². The second-order valence-corrected chi connectivity index (χ2v) is 4.34. The van der Waals surface area contributed by atoms with Crippen molar-refractivity contribution in [3.05, 3.63) is 65.5 Å². The lowest BCUT2D eigenvalue weighted by molar-refractivity contribution is 0.821. The van der Waals surface area contributed by atoms with Crippen LogP contribution in [0.25, 0.3) is 0 Å². The van der Waals surface area contributed by atoms with Gasteiger partial charge in [-0.3, -0.25) is 9.98 Å². The first kappa shape index (κ1) is 13.0. The average molecular weight is 249 g/mol. The summed E-state index contributed by atoms with van der Waals surface area (Å²) in [5.74, 6) is 0. The Bertz CT molecular complexity index is 624. The molecule has 0 aliphatic heterocycles. The molecular formula is C16H15N3. The van der Waals surface area contributed by atoms with Crippen LogP contribution in [-0.2, 0) is 0 Å². The Morgan fingerprint density at radius 1 is 1.16 bits per heavy atom. The van der Waals surface area contributed by atoms with E-state index < -0.39 is 0 Å². The molecule has 0 saturated carbocycles. The number of nitriles is 1. The summed E-state index contributed by atoms with van der Waals surface area (Å²) in [7, 11) is 0. The molecule has 1 atom stereocenters. The Kier molecular flexibility index (Phi) is 4.04. The highest BCUT2D eigenvalue weighted by Crippen LogP contribution is 2.17. The van der Waals surface area contributed by atoms with Crippen LogP contribution in [0.15, 0.2) is 53.5 Å². The van der Waals surface area contributed by atoms with Crippen LogP contribution in [0.4, 0.5) is 0 Å². The van der Waals surface area contributed by atoms with Gasteiger partial charge in [0, 0.05) is 5.69 Å². The minimum atomic E-state index is -0.0573. The summed E-state index contributed by atoms with van der Waals surface area (Å²) in [5, 5.41) is 9.25. The topological polar surface area (TPSA) is 49.0 Å². The van der Waals surface area contributed by atoms with E-state index in [1.165, 1.54) is 0 Å². The molecule has 2 rings (SSSR count). The Labute approximate surface area is 113 Å². The number of aliphatic imine (C=N–C) groups is 1. The van der Waals surface area contributed by atoms with E-state index in [0.29, 0.717) is 11.4 Å². The van der Waals surface area contributed by atoms with E-state index in [0.717, 1.165) is 11.3 Å². The molecule has 0 aliphatic carbocycles. The molecule has 1 heterocycles. The predicted molar refractivity (Wildman–Crippen MR) is 76.0 cm³/mol. The predicted octanol–water partition coefficient (Wildman–Crippen LogP) is 3.46. The van der Waals surface area contributed by atoms with Gasteiger partial charge in [-0.15, -0.1) is 0 Å². The van der Waals surface area contributed by atoms with Gasteiger partial charge in [-0.1, -0.05) is 36.4 Å². The maximum absolute atomic E-state index is 9.25. The van der Waals surface area contributed by atoms with E-state index in [4.69, 9.17) is 0 Å². The third-order valence-electron chi connectivity index (χ3n) is 2.84. The van der Waals surface area contributed by atoms with E-state index in [9.17, 15) is 5.26 Å². The molecule has 94 valence electrons. The summed E-state index contributed by atoms with van der Waals surface area (Å²) < 4.78 is 0. The number of aryl methyl sites for hydroxylation is 1. The molecule has 3 heteroatoms. The van der Waals surface area contributed by atoms with Gasteiger partial charge in [-0.25, -0.2) is 0 Å². The maximum Gasteiger partial charge on any atom is 0.161 e. The monoisotopic (exact) mass is 249 g/mol. The number of pyridine rings is 1. The van der Waals surface area contributed by atoms with Crippen LogP contribution < -0.4 is 0 Å². The van der Waals surface area contributed by atoms with Crippen molar-refractivity contribution in [1.82, 2.24) is 4.98 Å². The van der Waals surface area contributed by atoms with Gasteiger partial charge in [0.1, 0.15) is 6.07 Å². The summed E-state index contributed by atoms with van der Waals surface area (Å²) in [5.41, 5.74) is 2.97. The second kappa shape index (κ2) is 5.92. The number of nitrogens with zero attached hydrogens (tertiary/aromatic N) is 3. The zero-order valence-corrected chi connectivity index (χ0v) is 11.0. The number of benzene rings is 1. The Morgan fingerprint density at radius 3 is 2.53 bits per heavy atom. The summed E-state index contributed by atoms with van der Waals surface area (Å²) in [6, 6.07) is 17.6. The van der Waals surface area contributed by atoms with E-state index in [2.05, 4.69) is 16.0 Å². The summed E-state index contributed by atoms with van der Waals surface area (Å²) in [6.07, 6.45) is 0. The van der Waals surface area contributed by atoms with Gasteiger partial charge in [-0.05, 0) is 31.5 Å². The van der Waals surface area contributed by atoms with Gasteiger partial charge < -0.3 is 0 Å². The van der Waals surface area contributed by atoms with Crippen LogP contribution in [0, 0.1) is 18.3 Å². The highest BCUT2D eigenvalue weighted by atomic mass is 14.8. The number of hydrogen-bond acceptors (Lipinski definition) is 3. The zero-order chi connectivity index (χ0) is 13.7. The van der Waals surface area contributed by atoms with Crippen molar-refractivity contribution < 1.29 is 0 Å². The minimum Gasteiger partial charge on any atom is -0.264 e. The lowest BCUT2D eigenvalue weighted by Gasteiger charge is -2.07. The molecule has 0 N–H and O–H groups in total. The fourth-order valence-electron chi connectivity index (χ4n) is 1.83. The molecular weight excluding hydrogens is 234 g/mol. The third-order valence-corrected chi connectivity index (χ3v) is 2.84. The van der Waals surface area contributed by atoms with Crippen molar-refractivity contribution in [2.24, 2.45) is 4.99 Å². The van der Waals surface area contributed by atoms with Crippen molar-refractivity contribution in [2.75, 3.05) is 0 Å². The summed E-state index contributed by atoms with van der Waals surface area (Å²) in [6.45, 7) is 3.88. The maximum atomic E-state index is 9.25. The highest BCUT2D eigenvalue weighted by Gasteiger charge is 2.08. The standard InChI is InChI=1S/C16H15N3/c1-12-7-6-10-15(18-12)16(11-17)19-13(2)14-8-4-3-5-9-14/h3-10,13H,1-2H3/t13-/m1/s1. The quantitative estimate of drug-likeness (QED) is 0.782. The van der Waals surface area contributed by atoms with Crippen LogP contribution >= 0.6 is 0 Å². The van der Waals surface area contributed by atoms with Crippen LogP contribution in [-0.4, -0.2) is 10.7 Å². The molecule has 0 unspecified atom stereocenters. The van der Waals surface area contributed by atoms with Gasteiger partial charge in [-0.2, -0.15) is 5.26 Å². The van der Waals surface area contributed by atoms with Crippen LogP contribution in [0.5, 0.6) is 0 Å². The molecule has 0 spiro atoms. The van der Waals surface area contributed by atoms with Crippen molar-refractivity contribution in [3.63, 3.8) is 0 Å². The van der Waals surface area contributed by atoms with Gasteiger partial charge in [0.2, 0.25) is 0 Å². The van der Waals surface area contributed by atoms with E-state index in [1.807, 2.05) is 62.4 Å². The molecule has 0 aliphatic rings. The Hall–Kier alpha value is -2.47. The molecule has 3 nitrogen and oxygen atoms in total. The van der Waals surface area contributed by atoms with Gasteiger partial charge in [0.05, 0.1) is 11.7 Å². The zero-order valence-electron chi connectivity index (χ0n) is 11.0. The van der Waals surface area contributed by atoms with Crippen molar-refractivity contribution in [3.8, 4) is 6.07 Å². The van der Waals surface area contributed by atoms with Gasteiger partial charge in [0.25, 0.3) is 0 Å².